The highest BCUT2D eigenvalue weighted by Gasteiger charge is 2.49. The van der Waals surface area contributed by atoms with Crippen LogP contribution in [0.25, 0.3) is 0 Å². The van der Waals surface area contributed by atoms with Crippen LogP contribution in [0.3, 0.4) is 0 Å². The molecule has 0 saturated carbocycles. The third-order valence-corrected chi connectivity index (χ3v) is 3.45. The molecule has 0 amide bonds. The third-order valence-electron chi connectivity index (χ3n) is 3.45. The van der Waals surface area contributed by atoms with E-state index < -0.39 is 11.2 Å². The van der Waals surface area contributed by atoms with E-state index in [1.807, 2.05) is 49.4 Å². The first-order valence-electron chi connectivity index (χ1n) is 6.19. The van der Waals surface area contributed by atoms with Gasteiger partial charge < -0.3 is 9.47 Å². The number of carbonyl (C=O) groups is 1. The van der Waals surface area contributed by atoms with E-state index >= 15 is 0 Å². The SMILES string of the molecule is CC12C=CC(COc3ccccc3)(CC(=O)C1)O2. The molecule has 2 atom stereocenters. The minimum absolute atomic E-state index is 0.241. The number of benzene rings is 1. The van der Waals surface area contributed by atoms with E-state index in [9.17, 15) is 4.79 Å². The van der Waals surface area contributed by atoms with Gasteiger partial charge in [-0.2, -0.15) is 0 Å². The molecule has 1 aromatic carbocycles. The molecule has 3 nitrogen and oxygen atoms in total. The Morgan fingerprint density at radius 3 is 2.78 bits per heavy atom. The summed E-state index contributed by atoms with van der Waals surface area (Å²) in [4.78, 5) is 11.8. The van der Waals surface area contributed by atoms with Crippen LogP contribution < -0.4 is 4.74 Å². The van der Waals surface area contributed by atoms with Crippen LogP contribution in [0.4, 0.5) is 0 Å². The molecule has 2 aliphatic rings. The van der Waals surface area contributed by atoms with Gasteiger partial charge in [-0.3, -0.25) is 4.79 Å². The molecule has 18 heavy (non-hydrogen) atoms. The van der Waals surface area contributed by atoms with Gasteiger partial charge >= 0.3 is 0 Å². The van der Waals surface area contributed by atoms with E-state index in [2.05, 4.69) is 0 Å². The quantitative estimate of drug-likeness (QED) is 0.766. The number of Topliss-reactive ketones (excluding diaryl/α,β-unsaturated/α-hetero) is 1. The Labute approximate surface area is 106 Å². The largest absolute Gasteiger partial charge is 0.490 e. The summed E-state index contributed by atoms with van der Waals surface area (Å²) in [6, 6.07) is 9.60. The number of para-hydroxylation sites is 1. The lowest BCUT2D eigenvalue weighted by Gasteiger charge is -2.37. The van der Waals surface area contributed by atoms with Crippen molar-refractivity contribution in [3.05, 3.63) is 42.5 Å². The second-order valence-corrected chi connectivity index (χ2v) is 5.31. The molecular weight excluding hydrogens is 228 g/mol. The molecule has 2 bridgehead atoms. The Kier molecular flexibility index (Phi) is 2.52. The Bertz CT molecular complexity index is 494. The van der Waals surface area contributed by atoms with Gasteiger partial charge in [0.15, 0.2) is 0 Å². The normalized spacial score (nSPS) is 33.7. The zero-order valence-electron chi connectivity index (χ0n) is 10.4. The van der Waals surface area contributed by atoms with Crippen molar-refractivity contribution in [2.75, 3.05) is 6.61 Å². The van der Waals surface area contributed by atoms with Crippen LogP contribution in [0.1, 0.15) is 19.8 Å². The second-order valence-electron chi connectivity index (χ2n) is 5.31. The van der Waals surface area contributed by atoms with Crippen molar-refractivity contribution in [3.8, 4) is 5.75 Å². The van der Waals surface area contributed by atoms with Gasteiger partial charge in [-0.1, -0.05) is 30.4 Å². The Balaban J connectivity index is 1.73. The summed E-state index contributed by atoms with van der Waals surface area (Å²) in [5.74, 6) is 1.04. The summed E-state index contributed by atoms with van der Waals surface area (Å²) in [6.45, 7) is 2.33. The van der Waals surface area contributed by atoms with E-state index in [1.165, 1.54) is 0 Å². The molecule has 0 N–H and O–H groups in total. The lowest BCUT2D eigenvalue weighted by molar-refractivity contribution is -0.156. The van der Waals surface area contributed by atoms with Crippen LogP contribution in [0.15, 0.2) is 42.5 Å². The average molecular weight is 244 g/mol. The maximum Gasteiger partial charge on any atom is 0.139 e. The Hall–Kier alpha value is -1.61. The minimum atomic E-state index is -0.570. The zero-order chi connectivity index (χ0) is 12.6. The fourth-order valence-electron chi connectivity index (χ4n) is 2.69. The summed E-state index contributed by atoms with van der Waals surface area (Å²) in [5.41, 5.74) is -1.00. The monoisotopic (exact) mass is 244 g/mol. The molecule has 0 spiro atoms. The molecule has 2 heterocycles. The van der Waals surface area contributed by atoms with Crippen molar-refractivity contribution in [2.45, 2.75) is 31.0 Å². The number of hydrogen-bond donors (Lipinski definition) is 0. The molecule has 1 fully saturated rings. The van der Waals surface area contributed by atoms with E-state index in [0.717, 1.165) is 5.75 Å². The van der Waals surface area contributed by atoms with Crippen molar-refractivity contribution in [2.24, 2.45) is 0 Å². The van der Waals surface area contributed by atoms with Crippen LogP contribution in [-0.4, -0.2) is 23.6 Å². The topological polar surface area (TPSA) is 35.5 Å². The number of ether oxygens (including phenoxy) is 2. The number of rotatable bonds is 3. The van der Waals surface area contributed by atoms with Crippen LogP contribution in [0, 0.1) is 0 Å². The predicted molar refractivity (Wildman–Crippen MR) is 67.5 cm³/mol. The maximum absolute atomic E-state index is 11.8. The molecule has 3 rings (SSSR count). The van der Waals surface area contributed by atoms with Gasteiger partial charge in [0.1, 0.15) is 23.7 Å². The molecule has 1 saturated heterocycles. The van der Waals surface area contributed by atoms with Crippen LogP contribution >= 0.6 is 0 Å². The van der Waals surface area contributed by atoms with E-state index in [4.69, 9.17) is 9.47 Å². The minimum Gasteiger partial charge on any atom is -0.490 e. The number of ketones is 1. The molecule has 94 valence electrons. The molecule has 0 aliphatic carbocycles. The molecule has 0 radical (unpaired) electrons. The predicted octanol–water partition coefficient (Wildman–Crippen LogP) is 2.51. The highest BCUT2D eigenvalue weighted by molar-refractivity contribution is 5.83. The van der Waals surface area contributed by atoms with Crippen molar-refractivity contribution in [3.63, 3.8) is 0 Å². The molecule has 1 aromatic rings. The van der Waals surface area contributed by atoms with Gasteiger partial charge in [0, 0.05) is 12.8 Å². The summed E-state index contributed by atoms with van der Waals surface area (Å²) in [7, 11) is 0. The van der Waals surface area contributed by atoms with Crippen molar-refractivity contribution in [1.29, 1.82) is 0 Å². The lowest BCUT2D eigenvalue weighted by atomic mass is 9.92. The van der Waals surface area contributed by atoms with Crippen LogP contribution in [0.5, 0.6) is 5.75 Å². The molecule has 3 heteroatoms. The highest BCUT2D eigenvalue weighted by Crippen LogP contribution is 2.41. The van der Waals surface area contributed by atoms with Gasteiger partial charge in [0.2, 0.25) is 0 Å². The van der Waals surface area contributed by atoms with Gasteiger partial charge in [0.05, 0.1) is 5.60 Å². The summed E-state index contributed by atoms with van der Waals surface area (Å²) in [5, 5.41) is 0. The fourth-order valence-corrected chi connectivity index (χ4v) is 2.69. The summed E-state index contributed by atoms with van der Waals surface area (Å²) < 4.78 is 11.7. The standard InChI is InChI=1S/C15H16O3/c1-14-7-8-15(18-14,10-12(16)9-14)11-17-13-5-3-2-4-6-13/h2-8H,9-11H2,1H3. The maximum atomic E-state index is 11.8. The van der Waals surface area contributed by atoms with Crippen molar-refractivity contribution in [1.82, 2.24) is 0 Å². The number of fused-ring (bicyclic) bond motifs is 2. The average Bonchev–Trinajstić information content (AvgIpc) is 2.59. The van der Waals surface area contributed by atoms with E-state index in [-0.39, 0.29) is 5.78 Å². The first-order chi connectivity index (χ1) is 8.59. The number of carbonyl (C=O) groups excluding carboxylic acids is 1. The number of hydrogen-bond acceptors (Lipinski definition) is 3. The second kappa shape index (κ2) is 3.95. The smallest absolute Gasteiger partial charge is 0.139 e. The Morgan fingerprint density at radius 2 is 2.00 bits per heavy atom. The summed E-state index contributed by atoms with van der Waals surface area (Å²) >= 11 is 0. The van der Waals surface area contributed by atoms with Gasteiger partial charge in [-0.25, -0.2) is 0 Å². The first kappa shape index (κ1) is 11.5. The lowest BCUT2D eigenvalue weighted by Crippen LogP contribution is -2.47. The highest BCUT2D eigenvalue weighted by atomic mass is 16.6. The van der Waals surface area contributed by atoms with E-state index in [0.29, 0.717) is 19.4 Å². The molecular formula is C15H16O3. The zero-order valence-corrected chi connectivity index (χ0v) is 10.4. The fraction of sp³-hybridized carbons (Fsp3) is 0.400. The molecule has 0 aromatic heterocycles. The first-order valence-corrected chi connectivity index (χ1v) is 6.19. The third kappa shape index (κ3) is 2.06. The van der Waals surface area contributed by atoms with Crippen molar-refractivity contribution >= 4 is 5.78 Å². The Morgan fingerprint density at radius 1 is 1.22 bits per heavy atom. The van der Waals surface area contributed by atoms with Gasteiger partial charge in [-0.15, -0.1) is 0 Å². The van der Waals surface area contributed by atoms with Crippen LogP contribution in [-0.2, 0) is 9.53 Å². The molecule has 2 aliphatic heterocycles. The van der Waals surface area contributed by atoms with Gasteiger partial charge in [0.25, 0.3) is 0 Å². The van der Waals surface area contributed by atoms with Crippen molar-refractivity contribution < 1.29 is 14.3 Å². The molecule has 2 unspecified atom stereocenters. The van der Waals surface area contributed by atoms with Gasteiger partial charge in [-0.05, 0) is 19.1 Å². The summed E-state index contributed by atoms with van der Waals surface area (Å²) in [6.07, 6.45) is 4.86. The van der Waals surface area contributed by atoms with Crippen LogP contribution in [0.2, 0.25) is 0 Å². The van der Waals surface area contributed by atoms with E-state index in [1.54, 1.807) is 0 Å².